The predicted octanol–water partition coefficient (Wildman–Crippen LogP) is 4.37. The van der Waals surface area contributed by atoms with Gasteiger partial charge >= 0.3 is 0 Å². The highest BCUT2D eigenvalue weighted by molar-refractivity contribution is 7.10. The minimum absolute atomic E-state index is 0.0229. The van der Waals surface area contributed by atoms with Crippen molar-refractivity contribution in [2.45, 2.75) is 32.4 Å². The Morgan fingerprint density at radius 2 is 1.97 bits per heavy atom. The van der Waals surface area contributed by atoms with Crippen molar-refractivity contribution in [3.8, 4) is 11.5 Å². The van der Waals surface area contributed by atoms with Crippen LogP contribution in [0.3, 0.4) is 0 Å². The number of carbonyl (C=O) groups is 3. The van der Waals surface area contributed by atoms with Crippen molar-refractivity contribution in [1.82, 2.24) is 10.2 Å². The Hall–Kier alpha value is -3.85. The maximum Gasteiger partial charge on any atom is 0.264 e. The molecule has 0 spiro atoms. The number of rotatable bonds is 6. The first-order chi connectivity index (χ1) is 18.0. The summed E-state index contributed by atoms with van der Waals surface area (Å²) in [6.07, 6.45) is 1.59. The molecule has 37 heavy (non-hydrogen) atoms. The number of thiophene rings is 1. The van der Waals surface area contributed by atoms with Crippen LogP contribution in [0.15, 0.2) is 53.9 Å². The number of nitrogens with zero attached hydrogens (tertiary/aromatic N) is 2. The first-order valence-corrected chi connectivity index (χ1v) is 13.3. The molecule has 1 N–H and O–H groups in total. The number of ether oxygens (including phenoxy) is 2. The smallest absolute Gasteiger partial charge is 0.264 e. The van der Waals surface area contributed by atoms with Crippen LogP contribution in [0.4, 0.5) is 5.69 Å². The predicted molar refractivity (Wildman–Crippen MR) is 139 cm³/mol. The molecule has 2 atom stereocenters. The van der Waals surface area contributed by atoms with Gasteiger partial charge in [0.2, 0.25) is 12.7 Å². The van der Waals surface area contributed by atoms with Gasteiger partial charge in [-0.3, -0.25) is 19.3 Å². The van der Waals surface area contributed by atoms with Gasteiger partial charge in [-0.25, -0.2) is 0 Å². The molecular weight excluding hydrogens is 490 g/mol. The first kappa shape index (κ1) is 23.5. The Kier molecular flexibility index (Phi) is 6.08. The Morgan fingerprint density at radius 3 is 2.81 bits per heavy atom. The average molecular weight is 518 g/mol. The molecule has 6 rings (SSSR count). The van der Waals surface area contributed by atoms with Gasteiger partial charge in [-0.05, 0) is 61.0 Å². The number of anilines is 1. The number of benzene rings is 2. The maximum absolute atomic E-state index is 13.5. The molecule has 8 nitrogen and oxygen atoms in total. The summed E-state index contributed by atoms with van der Waals surface area (Å²) in [6, 6.07) is 14.6. The summed E-state index contributed by atoms with van der Waals surface area (Å²) < 4.78 is 10.8. The standard InChI is InChI=1S/C28H27N3O5S/c1-17(24-8-4-12-37-24)31-27(33)20-6-2-7-21(25(20)28(31)34)30-11-3-5-19(15-30)26(32)29-14-18-9-10-22-23(13-18)36-16-35-22/h2,4,6-10,12-13,17,19H,3,5,11,14-16H2,1H3,(H,29,32). The number of carbonyl (C=O) groups excluding carboxylic acids is 3. The Labute approximate surface area is 218 Å². The van der Waals surface area contributed by atoms with Gasteiger partial charge in [-0.15, -0.1) is 11.3 Å². The second-order valence-corrected chi connectivity index (χ2v) is 10.5. The third kappa shape index (κ3) is 4.23. The summed E-state index contributed by atoms with van der Waals surface area (Å²) in [5, 5.41) is 4.99. The number of imide groups is 1. The Balaban J connectivity index is 1.17. The van der Waals surface area contributed by atoms with E-state index < -0.39 is 0 Å². The zero-order chi connectivity index (χ0) is 25.5. The largest absolute Gasteiger partial charge is 0.454 e. The van der Waals surface area contributed by atoms with Gasteiger partial charge in [0, 0.05) is 24.5 Å². The van der Waals surface area contributed by atoms with E-state index in [4.69, 9.17) is 9.47 Å². The van der Waals surface area contributed by atoms with E-state index in [1.807, 2.05) is 54.8 Å². The lowest BCUT2D eigenvalue weighted by Crippen LogP contribution is -2.43. The highest BCUT2D eigenvalue weighted by atomic mass is 32.1. The van der Waals surface area contributed by atoms with E-state index in [0.717, 1.165) is 35.5 Å². The molecule has 3 aromatic rings. The molecule has 3 aliphatic rings. The van der Waals surface area contributed by atoms with Gasteiger partial charge in [0.25, 0.3) is 11.8 Å². The van der Waals surface area contributed by atoms with E-state index in [9.17, 15) is 14.4 Å². The van der Waals surface area contributed by atoms with Crippen LogP contribution >= 0.6 is 11.3 Å². The maximum atomic E-state index is 13.5. The highest BCUT2D eigenvalue weighted by Crippen LogP contribution is 2.38. The third-order valence-corrected chi connectivity index (χ3v) is 8.35. The first-order valence-electron chi connectivity index (χ1n) is 12.5. The number of nitrogens with one attached hydrogen (secondary N) is 1. The van der Waals surface area contributed by atoms with E-state index in [-0.39, 0.29) is 36.5 Å². The van der Waals surface area contributed by atoms with Crippen LogP contribution in [0.1, 0.15) is 57.0 Å². The number of fused-ring (bicyclic) bond motifs is 2. The lowest BCUT2D eigenvalue weighted by atomic mass is 9.95. The molecule has 1 aromatic heterocycles. The molecule has 190 valence electrons. The molecule has 2 aromatic carbocycles. The molecule has 4 heterocycles. The van der Waals surface area contributed by atoms with Crippen molar-refractivity contribution in [3.05, 3.63) is 75.5 Å². The molecule has 2 unspecified atom stereocenters. The molecule has 0 saturated carbocycles. The number of amides is 3. The van der Waals surface area contributed by atoms with Gasteiger partial charge < -0.3 is 19.7 Å². The van der Waals surface area contributed by atoms with Crippen LogP contribution in [0, 0.1) is 5.92 Å². The minimum Gasteiger partial charge on any atom is -0.454 e. The molecule has 9 heteroatoms. The normalized spacial score (nSPS) is 19.2. The topological polar surface area (TPSA) is 88.2 Å². The van der Waals surface area contributed by atoms with Crippen molar-refractivity contribution >= 4 is 34.7 Å². The summed E-state index contributed by atoms with van der Waals surface area (Å²) in [5.41, 5.74) is 2.54. The van der Waals surface area contributed by atoms with Gasteiger partial charge in [0.1, 0.15) is 0 Å². The summed E-state index contributed by atoms with van der Waals surface area (Å²) >= 11 is 1.53. The van der Waals surface area contributed by atoms with Gasteiger partial charge in [-0.1, -0.05) is 18.2 Å². The van der Waals surface area contributed by atoms with Crippen molar-refractivity contribution < 1.29 is 23.9 Å². The van der Waals surface area contributed by atoms with E-state index in [1.54, 1.807) is 6.07 Å². The molecule has 1 fully saturated rings. The number of hydrogen-bond acceptors (Lipinski definition) is 7. The SMILES string of the molecule is CC(c1cccs1)N1C(=O)c2cccc(N3CCCC(C(=O)NCc4ccc5c(c4)OCO5)C3)c2C1=O. The van der Waals surface area contributed by atoms with Crippen molar-refractivity contribution in [1.29, 1.82) is 0 Å². The van der Waals surface area contributed by atoms with Crippen LogP contribution in [0.2, 0.25) is 0 Å². The van der Waals surface area contributed by atoms with E-state index in [2.05, 4.69) is 10.2 Å². The summed E-state index contributed by atoms with van der Waals surface area (Å²) in [5.74, 6) is 0.626. The molecule has 0 bridgehead atoms. The third-order valence-electron chi connectivity index (χ3n) is 7.30. The van der Waals surface area contributed by atoms with Crippen molar-refractivity contribution in [3.63, 3.8) is 0 Å². The van der Waals surface area contributed by atoms with Gasteiger partial charge in [-0.2, -0.15) is 0 Å². The number of hydrogen-bond donors (Lipinski definition) is 1. The molecule has 3 amide bonds. The highest BCUT2D eigenvalue weighted by Gasteiger charge is 2.42. The second kappa shape index (κ2) is 9.55. The van der Waals surface area contributed by atoms with Crippen LogP contribution in [-0.2, 0) is 11.3 Å². The fourth-order valence-electron chi connectivity index (χ4n) is 5.35. The second-order valence-electron chi connectivity index (χ2n) is 9.56. The monoisotopic (exact) mass is 517 g/mol. The summed E-state index contributed by atoms with van der Waals surface area (Å²) in [4.78, 5) is 44.3. The molecule has 0 aliphatic carbocycles. The zero-order valence-corrected chi connectivity index (χ0v) is 21.3. The van der Waals surface area contributed by atoms with E-state index in [0.29, 0.717) is 35.7 Å². The van der Waals surface area contributed by atoms with E-state index in [1.165, 1.54) is 16.2 Å². The van der Waals surface area contributed by atoms with Crippen molar-refractivity contribution in [2.24, 2.45) is 5.92 Å². The van der Waals surface area contributed by atoms with Crippen LogP contribution in [-0.4, -0.2) is 42.5 Å². The van der Waals surface area contributed by atoms with Crippen molar-refractivity contribution in [2.75, 3.05) is 24.8 Å². The molecule has 0 radical (unpaired) electrons. The fraction of sp³-hybridized carbons (Fsp3) is 0.321. The zero-order valence-electron chi connectivity index (χ0n) is 20.4. The van der Waals surface area contributed by atoms with E-state index >= 15 is 0 Å². The Morgan fingerprint density at radius 1 is 1.11 bits per heavy atom. The van der Waals surface area contributed by atoms with Crippen LogP contribution in [0.25, 0.3) is 0 Å². The minimum atomic E-state index is -0.337. The van der Waals surface area contributed by atoms with Crippen LogP contribution in [0.5, 0.6) is 11.5 Å². The molecule has 3 aliphatic heterocycles. The van der Waals surface area contributed by atoms with Crippen LogP contribution < -0.4 is 19.7 Å². The quantitative estimate of drug-likeness (QED) is 0.489. The fourth-order valence-corrected chi connectivity index (χ4v) is 6.13. The molecule has 1 saturated heterocycles. The summed E-state index contributed by atoms with van der Waals surface area (Å²) in [7, 11) is 0. The number of piperidine rings is 1. The molecular formula is C28H27N3O5S. The van der Waals surface area contributed by atoms with Gasteiger partial charge in [0.05, 0.1) is 28.8 Å². The lowest BCUT2D eigenvalue weighted by Gasteiger charge is -2.34. The van der Waals surface area contributed by atoms with Gasteiger partial charge in [0.15, 0.2) is 11.5 Å². The Bertz CT molecular complexity index is 1370. The summed E-state index contributed by atoms with van der Waals surface area (Å²) in [6.45, 7) is 3.71. The average Bonchev–Trinajstić information content (AvgIpc) is 3.67. The lowest BCUT2D eigenvalue weighted by molar-refractivity contribution is -0.125.